The quantitative estimate of drug-likeness (QED) is 0.216. The molecule has 1 aromatic heterocycles. The van der Waals surface area contributed by atoms with Crippen molar-refractivity contribution in [3.63, 3.8) is 0 Å². The Labute approximate surface area is 266 Å². The van der Waals surface area contributed by atoms with Crippen molar-refractivity contribution in [3.8, 4) is 0 Å². The topological polar surface area (TPSA) is 12.9 Å². The van der Waals surface area contributed by atoms with Crippen molar-refractivity contribution < 1.29 is 0 Å². The predicted molar refractivity (Wildman–Crippen MR) is 190 cm³/mol. The Hall–Kier alpha value is -5.79. The number of allylic oxidation sites excluding steroid dienone is 17. The Bertz CT molecular complexity index is 2030. The van der Waals surface area contributed by atoms with Crippen LogP contribution in [0.4, 0.5) is 0 Å². The molecule has 3 aliphatic rings. The highest BCUT2D eigenvalue weighted by atomic mass is 14.7. The average Bonchev–Trinajstić information content (AvgIpc) is 3.55. The molecule has 0 amide bonds. The highest BCUT2D eigenvalue weighted by Crippen LogP contribution is 2.56. The second-order valence-corrected chi connectivity index (χ2v) is 11.2. The van der Waals surface area contributed by atoms with Gasteiger partial charge in [-0.05, 0) is 61.8 Å². The van der Waals surface area contributed by atoms with Crippen LogP contribution in [0.3, 0.4) is 0 Å². The SMILES string of the molecule is C=CC(=C)/C(C=C)=C1C2=C(\C=C/C=C/C=C\C3=C(/C=C/2)C(c2ccccc2)(c2ccccc2)c2ccccc23)c2cccnc2\1. The lowest BCUT2D eigenvalue weighted by atomic mass is 9.66. The van der Waals surface area contributed by atoms with E-state index in [1.54, 1.807) is 6.08 Å². The van der Waals surface area contributed by atoms with E-state index in [1.165, 1.54) is 33.4 Å². The van der Waals surface area contributed by atoms with Gasteiger partial charge in [0, 0.05) is 17.3 Å². The van der Waals surface area contributed by atoms with Crippen LogP contribution in [-0.2, 0) is 5.41 Å². The van der Waals surface area contributed by atoms with E-state index in [1.807, 2.05) is 18.3 Å². The molecule has 1 heterocycles. The van der Waals surface area contributed by atoms with Gasteiger partial charge in [0.1, 0.15) is 0 Å². The van der Waals surface area contributed by atoms with Gasteiger partial charge in [-0.2, -0.15) is 0 Å². The summed E-state index contributed by atoms with van der Waals surface area (Å²) in [7, 11) is 0. The maximum atomic E-state index is 4.89. The molecule has 0 saturated heterocycles. The van der Waals surface area contributed by atoms with Gasteiger partial charge in [-0.1, -0.05) is 171 Å². The third-order valence-electron chi connectivity index (χ3n) is 8.96. The van der Waals surface area contributed by atoms with Crippen LogP contribution in [0.5, 0.6) is 0 Å². The van der Waals surface area contributed by atoms with Crippen molar-refractivity contribution >= 4 is 16.7 Å². The molecule has 1 heteroatoms. The van der Waals surface area contributed by atoms with E-state index in [-0.39, 0.29) is 0 Å². The van der Waals surface area contributed by atoms with E-state index < -0.39 is 5.41 Å². The number of rotatable bonds is 5. The zero-order valence-electron chi connectivity index (χ0n) is 25.2. The first-order chi connectivity index (χ1) is 22.2. The summed E-state index contributed by atoms with van der Waals surface area (Å²) >= 11 is 0. The monoisotopic (exact) mass is 575 g/mol. The number of benzene rings is 3. The Kier molecular flexibility index (Phi) is 7.29. The Balaban J connectivity index is 1.59. The van der Waals surface area contributed by atoms with E-state index in [4.69, 9.17) is 4.98 Å². The molecule has 0 atom stereocenters. The van der Waals surface area contributed by atoms with Crippen LogP contribution in [0.1, 0.15) is 33.5 Å². The van der Waals surface area contributed by atoms with Crippen LogP contribution in [-0.4, -0.2) is 4.98 Å². The molecule has 0 radical (unpaired) electrons. The molecule has 0 spiro atoms. The van der Waals surface area contributed by atoms with Crippen molar-refractivity contribution in [2.75, 3.05) is 0 Å². The van der Waals surface area contributed by atoms with E-state index in [9.17, 15) is 0 Å². The fourth-order valence-electron chi connectivity index (χ4n) is 7.05. The number of pyridine rings is 1. The van der Waals surface area contributed by atoms with Crippen LogP contribution in [0.2, 0.25) is 0 Å². The summed E-state index contributed by atoms with van der Waals surface area (Å²) < 4.78 is 0. The van der Waals surface area contributed by atoms with Crippen LogP contribution < -0.4 is 0 Å². The number of aromatic nitrogens is 1. The molecule has 0 fully saturated rings. The highest BCUT2D eigenvalue weighted by molar-refractivity contribution is 6.06. The summed E-state index contributed by atoms with van der Waals surface area (Å²) in [6.45, 7) is 12.5. The van der Waals surface area contributed by atoms with E-state index in [0.717, 1.165) is 39.1 Å². The minimum Gasteiger partial charge on any atom is -0.256 e. The van der Waals surface area contributed by atoms with Gasteiger partial charge < -0.3 is 0 Å². The van der Waals surface area contributed by atoms with Crippen LogP contribution in [0, 0.1) is 0 Å². The molecule has 3 aliphatic carbocycles. The first-order valence-electron chi connectivity index (χ1n) is 15.2. The number of hydrogen-bond acceptors (Lipinski definition) is 1. The Morgan fingerprint density at radius 2 is 1.20 bits per heavy atom. The molecule has 7 rings (SSSR count). The third-order valence-corrected chi connectivity index (χ3v) is 8.96. The fraction of sp³-hybridized carbons (Fsp3) is 0.0227. The van der Waals surface area contributed by atoms with E-state index in [2.05, 4.69) is 159 Å². The summed E-state index contributed by atoms with van der Waals surface area (Å²) in [5.41, 5.74) is 13.8. The lowest BCUT2D eigenvalue weighted by molar-refractivity contribution is 0.761. The Morgan fingerprint density at radius 1 is 0.578 bits per heavy atom. The van der Waals surface area contributed by atoms with Gasteiger partial charge in [-0.15, -0.1) is 0 Å². The van der Waals surface area contributed by atoms with Crippen molar-refractivity contribution in [1.29, 1.82) is 0 Å². The first kappa shape index (κ1) is 28.0. The third kappa shape index (κ3) is 4.44. The minimum absolute atomic E-state index is 0.529. The normalized spacial score (nSPS) is 19.9. The van der Waals surface area contributed by atoms with Gasteiger partial charge in [-0.25, -0.2) is 0 Å². The standard InChI is InChI=1S/C44H33N/c1-4-31(3)34(5-2)42-38-28-29-41-37(24-15-7-6-14-23-35(38)39-26-18-30-45-43(39)42)36-25-16-17-27-40(36)44(41,32-19-10-8-11-20-32)33-21-12-9-13-22-33/h4-30H,1-3H2/b7-6+,14-6?,15-7?,23-14-,24-15-,29-28+,35-23?,37-24?,38-28?,41-29?,42-34+. The molecule has 45 heavy (non-hydrogen) atoms. The van der Waals surface area contributed by atoms with Gasteiger partial charge in [0.05, 0.1) is 11.1 Å². The molecule has 0 N–H and O–H groups in total. The number of nitrogens with zero attached hydrogens (tertiary/aromatic N) is 1. The molecular formula is C44H33N. The zero-order valence-corrected chi connectivity index (χ0v) is 25.2. The van der Waals surface area contributed by atoms with Crippen molar-refractivity contribution in [2.45, 2.75) is 5.41 Å². The smallest absolute Gasteiger partial charge is 0.0792 e. The second-order valence-electron chi connectivity index (χ2n) is 11.2. The van der Waals surface area contributed by atoms with Crippen molar-refractivity contribution in [2.24, 2.45) is 0 Å². The predicted octanol–water partition coefficient (Wildman–Crippen LogP) is 10.6. The van der Waals surface area contributed by atoms with Gasteiger partial charge in [-0.3, -0.25) is 4.98 Å². The maximum absolute atomic E-state index is 4.89. The molecule has 0 saturated carbocycles. The summed E-state index contributed by atoms with van der Waals surface area (Å²) in [4.78, 5) is 4.89. The lowest BCUT2D eigenvalue weighted by Crippen LogP contribution is -2.29. The molecule has 0 aliphatic heterocycles. The van der Waals surface area contributed by atoms with Gasteiger partial charge >= 0.3 is 0 Å². The van der Waals surface area contributed by atoms with Crippen molar-refractivity contribution in [3.05, 3.63) is 240 Å². The highest BCUT2D eigenvalue weighted by Gasteiger charge is 2.46. The molecule has 214 valence electrons. The molecule has 1 nitrogen and oxygen atoms in total. The fourth-order valence-corrected chi connectivity index (χ4v) is 7.05. The van der Waals surface area contributed by atoms with Crippen LogP contribution in [0.25, 0.3) is 16.7 Å². The molecule has 0 unspecified atom stereocenters. The lowest BCUT2D eigenvalue weighted by Gasteiger charge is -2.35. The molecule has 4 aromatic rings. The summed E-state index contributed by atoms with van der Waals surface area (Å²) in [5, 5.41) is 0. The Morgan fingerprint density at radius 3 is 1.87 bits per heavy atom. The van der Waals surface area contributed by atoms with E-state index >= 15 is 0 Å². The largest absolute Gasteiger partial charge is 0.256 e. The number of fused-ring (bicyclic) bond motifs is 4. The first-order valence-corrected chi connectivity index (χ1v) is 15.2. The van der Waals surface area contributed by atoms with E-state index in [0.29, 0.717) is 0 Å². The minimum atomic E-state index is -0.529. The summed E-state index contributed by atoms with van der Waals surface area (Å²) in [6.07, 6.45) is 23.0. The average molecular weight is 576 g/mol. The number of hydrogen-bond donors (Lipinski definition) is 0. The molecule has 0 bridgehead atoms. The van der Waals surface area contributed by atoms with Crippen LogP contribution in [0.15, 0.2) is 206 Å². The van der Waals surface area contributed by atoms with Crippen molar-refractivity contribution in [1.82, 2.24) is 4.98 Å². The maximum Gasteiger partial charge on any atom is 0.0792 e. The zero-order chi connectivity index (χ0) is 30.8. The van der Waals surface area contributed by atoms with Crippen LogP contribution >= 0.6 is 0 Å². The second kappa shape index (κ2) is 11.7. The van der Waals surface area contributed by atoms with Gasteiger partial charge in [0.15, 0.2) is 0 Å². The summed E-state index contributed by atoms with van der Waals surface area (Å²) in [5.74, 6) is 0. The molecular weight excluding hydrogens is 542 g/mol. The molecule has 3 aromatic carbocycles. The van der Waals surface area contributed by atoms with Gasteiger partial charge in [0.2, 0.25) is 0 Å². The van der Waals surface area contributed by atoms with Gasteiger partial charge in [0.25, 0.3) is 0 Å². The summed E-state index contributed by atoms with van der Waals surface area (Å²) in [6, 6.07) is 34.7.